The maximum Gasteiger partial charge on any atom is 0.433 e. The second kappa shape index (κ2) is 6.84. The Kier molecular flexibility index (Phi) is 4.82. The second-order valence-corrected chi connectivity index (χ2v) is 5.78. The van der Waals surface area contributed by atoms with Crippen LogP contribution in [0.3, 0.4) is 0 Å². The molecule has 0 fully saturated rings. The highest BCUT2D eigenvalue weighted by Crippen LogP contribution is 2.35. The fourth-order valence-electron chi connectivity index (χ4n) is 2.67. The molecular weight excluding hydrogens is 390 g/mol. The quantitative estimate of drug-likeness (QED) is 0.446. The van der Waals surface area contributed by atoms with E-state index in [-0.39, 0.29) is 28.8 Å². The van der Waals surface area contributed by atoms with E-state index in [1.165, 1.54) is 6.07 Å². The van der Waals surface area contributed by atoms with Crippen LogP contribution in [-0.2, 0) is 17.1 Å². The number of pyridine rings is 1. The number of benzene rings is 1. The van der Waals surface area contributed by atoms with Gasteiger partial charge in [0.25, 0.3) is 0 Å². The maximum absolute atomic E-state index is 13.5. The minimum Gasteiger partial charge on any atom is -0.462 e. The minimum atomic E-state index is -4.81. The molecule has 3 aromatic rings. The number of nitrogens with zero attached hydrogens (tertiary/aromatic N) is 2. The molecule has 0 saturated carbocycles. The van der Waals surface area contributed by atoms with E-state index >= 15 is 0 Å². The molecule has 0 atom stereocenters. The number of rotatable bonds is 3. The van der Waals surface area contributed by atoms with Crippen LogP contribution >= 0.6 is 0 Å². The zero-order valence-corrected chi connectivity index (χ0v) is 14.2. The van der Waals surface area contributed by atoms with Crippen LogP contribution in [0.25, 0.3) is 16.6 Å². The summed E-state index contributed by atoms with van der Waals surface area (Å²) >= 11 is 0. The fraction of sp³-hybridized carbons (Fsp3) is 0.222. The van der Waals surface area contributed by atoms with Crippen molar-refractivity contribution in [1.82, 2.24) is 9.61 Å². The monoisotopic (exact) mass is 402 g/mol. The van der Waals surface area contributed by atoms with Crippen molar-refractivity contribution in [2.45, 2.75) is 19.3 Å². The summed E-state index contributed by atoms with van der Waals surface area (Å²) in [5.74, 6) is -0.852. The Hall–Kier alpha value is -3.04. The first-order valence-electron chi connectivity index (χ1n) is 7.96. The molecule has 0 aliphatic carbocycles. The number of alkyl halides is 6. The molecule has 4 nitrogen and oxygen atoms in total. The lowest BCUT2D eigenvalue weighted by molar-refractivity contribution is -0.142. The number of hydrogen-bond donors (Lipinski definition) is 0. The van der Waals surface area contributed by atoms with Crippen molar-refractivity contribution in [2.24, 2.45) is 0 Å². The first kappa shape index (κ1) is 19.7. The third kappa shape index (κ3) is 3.67. The van der Waals surface area contributed by atoms with Gasteiger partial charge < -0.3 is 4.74 Å². The summed E-state index contributed by atoms with van der Waals surface area (Å²) in [5, 5.41) is 3.62. The molecule has 0 aliphatic heterocycles. The van der Waals surface area contributed by atoms with Crippen molar-refractivity contribution >= 4 is 11.5 Å². The van der Waals surface area contributed by atoms with Gasteiger partial charge in [-0.05, 0) is 42.3 Å². The smallest absolute Gasteiger partial charge is 0.433 e. The van der Waals surface area contributed by atoms with Gasteiger partial charge in [-0.1, -0.05) is 12.1 Å². The van der Waals surface area contributed by atoms with E-state index in [9.17, 15) is 31.1 Å². The average Bonchev–Trinajstić information content (AvgIpc) is 3.03. The third-order valence-electron chi connectivity index (χ3n) is 3.95. The first-order chi connectivity index (χ1) is 13.0. The average molecular weight is 402 g/mol. The van der Waals surface area contributed by atoms with Gasteiger partial charge in [0, 0.05) is 0 Å². The van der Waals surface area contributed by atoms with E-state index in [1.54, 1.807) is 6.92 Å². The normalized spacial score (nSPS) is 12.4. The second-order valence-electron chi connectivity index (χ2n) is 5.78. The van der Waals surface area contributed by atoms with Crippen molar-refractivity contribution in [2.75, 3.05) is 6.61 Å². The Balaban J connectivity index is 2.20. The largest absolute Gasteiger partial charge is 0.462 e. The number of carbonyl (C=O) groups excluding carboxylic acids is 1. The van der Waals surface area contributed by atoms with E-state index in [2.05, 4.69) is 5.10 Å². The van der Waals surface area contributed by atoms with Crippen LogP contribution in [0.15, 0.2) is 42.6 Å². The minimum absolute atomic E-state index is 0.0143. The van der Waals surface area contributed by atoms with Gasteiger partial charge in [-0.2, -0.15) is 31.4 Å². The molecule has 0 N–H and O–H groups in total. The highest BCUT2D eigenvalue weighted by Gasteiger charge is 2.36. The summed E-state index contributed by atoms with van der Waals surface area (Å²) < 4.78 is 83.9. The number of ether oxygens (including phenoxy) is 1. The van der Waals surface area contributed by atoms with Crippen LogP contribution in [0.5, 0.6) is 0 Å². The number of carbonyl (C=O) groups is 1. The first-order valence-corrected chi connectivity index (χ1v) is 7.96. The van der Waals surface area contributed by atoms with Gasteiger partial charge in [0.1, 0.15) is 11.3 Å². The molecule has 28 heavy (non-hydrogen) atoms. The van der Waals surface area contributed by atoms with Crippen LogP contribution in [0.1, 0.15) is 28.5 Å². The maximum atomic E-state index is 13.5. The molecular formula is C18H12F6N2O2. The van der Waals surface area contributed by atoms with E-state index < -0.39 is 29.6 Å². The van der Waals surface area contributed by atoms with Crippen LogP contribution in [-0.4, -0.2) is 22.2 Å². The van der Waals surface area contributed by atoms with E-state index in [4.69, 9.17) is 4.74 Å². The van der Waals surface area contributed by atoms with Gasteiger partial charge in [-0.25, -0.2) is 9.31 Å². The zero-order chi connectivity index (χ0) is 20.7. The molecule has 10 heteroatoms. The van der Waals surface area contributed by atoms with Crippen molar-refractivity contribution in [3.8, 4) is 11.1 Å². The molecule has 0 radical (unpaired) electrons. The van der Waals surface area contributed by atoms with Gasteiger partial charge in [-0.15, -0.1) is 0 Å². The molecule has 2 heterocycles. The van der Waals surface area contributed by atoms with Gasteiger partial charge in [0.2, 0.25) is 0 Å². The van der Waals surface area contributed by atoms with E-state index in [0.29, 0.717) is 4.52 Å². The molecule has 148 valence electrons. The molecule has 0 unspecified atom stereocenters. The summed E-state index contributed by atoms with van der Waals surface area (Å²) in [5.41, 5.74) is -2.33. The molecule has 2 aromatic heterocycles. The molecule has 0 bridgehead atoms. The van der Waals surface area contributed by atoms with Crippen LogP contribution in [0.4, 0.5) is 26.3 Å². The summed E-state index contributed by atoms with van der Waals surface area (Å²) in [4.78, 5) is 12.0. The third-order valence-corrected chi connectivity index (χ3v) is 3.95. The Bertz CT molecular complexity index is 1020. The lowest BCUT2D eigenvalue weighted by Gasteiger charge is -2.13. The lowest BCUT2D eigenvalue weighted by Crippen LogP contribution is -2.13. The van der Waals surface area contributed by atoms with Crippen LogP contribution in [0, 0.1) is 0 Å². The van der Waals surface area contributed by atoms with Gasteiger partial charge >= 0.3 is 18.3 Å². The Labute approximate surface area is 154 Å². The topological polar surface area (TPSA) is 43.6 Å². The summed E-state index contributed by atoms with van der Waals surface area (Å²) in [6.07, 6.45) is -8.42. The molecule has 1 aromatic carbocycles. The Morgan fingerprint density at radius 3 is 2.18 bits per heavy atom. The number of fused-ring (bicyclic) bond motifs is 1. The van der Waals surface area contributed by atoms with Crippen molar-refractivity contribution in [3.05, 3.63) is 59.4 Å². The highest BCUT2D eigenvalue weighted by atomic mass is 19.4. The molecule has 0 saturated heterocycles. The molecule has 0 aliphatic rings. The standard InChI is InChI=1S/C18H12F6N2O2/c1-2-28-16(27)13-9-25-26-14(13)7-11(8-15(26)18(22,23)24)10-3-5-12(6-4-10)17(19,20)21/h3-9H,2H2,1H3. The number of halogens is 6. The Morgan fingerprint density at radius 2 is 1.64 bits per heavy atom. The van der Waals surface area contributed by atoms with E-state index in [0.717, 1.165) is 36.5 Å². The van der Waals surface area contributed by atoms with Crippen molar-refractivity contribution in [3.63, 3.8) is 0 Å². The SMILES string of the molecule is CCOC(=O)c1cnn2c(C(F)(F)F)cc(-c3ccc(C(F)(F)F)cc3)cc12. The number of aromatic nitrogens is 2. The zero-order valence-electron chi connectivity index (χ0n) is 14.2. The van der Waals surface area contributed by atoms with Crippen molar-refractivity contribution in [1.29, 1.82) is 0 Å². The van der Waals surface area contributed by atoms with Crippen LogP contribution < -0.4 is 0 Å². The van der Waals surface area contributed by atoms with Gasteiger partial charge in [0.05, 0.1) is 23.9 Å². The number of hydrogen-bond acceptors (Lipinski definition) is 3. The van der Waals surface area contributed by atoms with Gasteiger partial charge in [0.15, 0.2) is 0 Å². The Morgan fingerprint density at radius 1 is 1.00 bits per heavy atom. The van der Waals surface area contributed by atoms with Crippen molar-refractivity contribution < 1.29 is 35.9 Å². The van der Waals surface area contributed by atoms with Crippen LogP contribution in [0.2, 0.25) is 0 Å². The molecule has 3 rings (SSSR count). The molecule has 0 amide bonds. The highest BCUT2D eigenvalue weighted by molar-refractivity contribution is 5.97. The summed E-state index contributed by atoms with van der Waals surface area (Å²) in [6, 6.07) is 5.68. The number of esters is 1. The summed E-state index contributed by atoms with van der Waals surface area (Å²) in [7, 11) is 0. The predicted octanol–water partition coefficient (Wildman–Crippen LogP) is 5.22. The summed E-state index contributed by atoms with van der Waals surface area (Å²) in [6.45, 7) is 1.55. The lowest BCUT2D eigenvalue weighted by atomic mass is 10.0. The van der Waals surface area contributed by atoms with Gasteiger partial charge in [-0.3, -0.25) is 0 Å². The predicted molar refractivity (Wildman–Crippen MR) is 86.6 cm³/mol. The molecule has 0 spiro atoms. The van der Waals surface area contributed by atoms with E-state index in [1.807, 2.05) is 0 Å². The fourth-order valence-corrected chi connectivity index (χ4v) is 2.67.